The highest BCUT2D eigenvalue weighted by Gasteiger charge is 2.13. The van der Waals surface area contributed by atoms with Gasteiger partial charge in [-0.05, 0) is 30.5 Å². The van der Waals surface area contributed by atoms with Gasteiger partial charge in [0.1, 0.15) is 12.4 Å². The number of aromatic nitrogens is 1. The number of esters is 1. The first kappa shape index (κ1) is 18.3. The lowest BCUT2D eigenvalue weighted by atomic mass is 10.1. The third-order valence-corrected chi connectivity index (χ3v) is 3.68. The second-order valence-electron chi connectivity index (χ2n) is 5.35. The number of guanidine groups is 1. The van der Waals surface area contributed by atoms with Crippen LogP contribution < -0.4 is 21.8 Å². The van der Waals surface area contributed by atoms with E-state index in [1.807, 2.05) is 13.0 Å². The van der Waals surface area contributed by atoms with E-state index < -0.39 is 5.97 Å². The average Bonchev–Trinajstić information content (AvgIpc) is 2.59. The number of carbonyl (C=O) groups excluding carboxylic acids is 1. The van der Waals surface area contributed by atoms with Gasteiger partial charge in [0.15, 0.2) is 5.96 Å². The molecular formula is C17H22N4O4. The number of aryl methyl sites for hydroxylation is 1. The molecule has 0 radical (unpaired) electrons. The molecule has 0 aliphatic heterocycles. The molecule has 0 fully saturated rings. The van der Waals surface area contributed by atoms with Crippen LogP contribution in [0.1, 0.15) is 12.5 Å². The number of pyridine rings is 1. The number of fused-ring (bicyclic) bond motifs is 1. The van der Waals surface area contributed by atoms with Crippen LogP contribution in [0.5, 0.6) is 5.75 Å². The second-order valence-corrected chi connectivity index (χ2v) is 5.35. The SMILES string of the molecule is CCn1c(=O)c(CC(=O)OC)cc2ccc(OCCN=C(N)N)cc21. The van der Waals surface area contributed by atoms with Gasteiger partial charge in [-0.3, -0.25) is 14.6 Å². The Morgan fingerprint density at radius 1 is 1.28 bits per heavy atom. The predicted molar refractivity (Wildman–Crippen MR) is 95.8 cm³/mol. The summed E-state index contributed by atoms with van der Waals surface area (Å²) in [5, 5.41) is 0.844. The Morgan fingerprint density at radius 2 is 2.04 bits per heavy atom. The standard InChI is InChI=1S/C17H22N4O4/c1-3-21-14-10-13(25-7-6-20-17(18)19)5-4-11(14)8-12(16(21)23)9-15(22)24-2/h4-5,8,10H,3,6-7,9H2,1-2H3,(H4,18,19,20). The summed E-state index contributed by atoms with van der Waals surface area (Å²) in [5.41, 5.74) is 11.5. The van der Waals surface area contributed by atoms with Crippen molar-refractivity contribution in [3.05, 3.63) is 40.2 Å². The molecule has 0 bridgehead atoms. The largest absolute Gasteiger partial charge is 0.492 e. The third-order valence-electron chi connectivity index (χ3n) is 3.68. The van der Waals surface area contributed by atoms with Gasteiger partial charge in [0.05, 0.1) is 25.6 Å². The van der Waals surface area contributed by atoms with Gasteiger partial charge in [-0.25, -0.2) is 0 Å². The van der Waals surface area contributed by atoms with Crippen LogP contribution in [0.15, 0.2) is 34.1 Å². The van der Waals surface area contributed by atoms with Crippen LogP contribution >= 0.6 is 0 Å². The lowest BCUT2D eigenvalue weighted by Crippen LogP contribution is -2.25. The molecule has 0 saturated carbocycles. The van der Waals surface area contributed by atoms with Gasteiger partial charge in [0.2, 0.25) is 0 Å². The molecule has 8 heteroatoms. The number of rotatable bonds is 7. The summed E-state index contributed by atoms with van der Waals surface area (Å²) < 4.78 is 11.9. The van der Waals surface area contributed by atoms with Crippen LogP contribution in [0.3, 0.4) is 0 Å². The molecular weight excluding hydrogens is 324 g/mol. The van der Waals surface area contributed by atoms with E-state index in [-0.39, 0.29) is 17.9 Å². The smallest absolute Gasteiger partial charge is 0.310 e. The lowest BCUT2D eigenvalue weighted by Gasteiger charge is -2.12. The predicted octanol–water partition coefficient (Wildman–Crippen LogP) is 0.389. The third kappa shape index (κ3) is 4.50. The monoisotopic (exact) mass is 346 g/mol. The Morgan fingerprint density at radius 3 is 2.68 bits per heavy atom. The summed E-state index contributed by atoms with van der Waals surface area (Å²) in [6.07, 6.45) is -0.0535. The Kier molecular flexibility index (Phi) is 5.99. The van der Waals surface area contributed by atoms with Crippen LogP contribution in [0, 0.1) is 0 Å². The number of aliphatic imine (C=N–C) groups is 1. The zero-order valence-electron chi connectivity index (χ0n) is 14.3. The van der Waals surface area contributed by atoms with E-state index in [0.717, 1.165) is 10.9 Å². The van der Waals surface area contributed by atoms with E-state index in [0.29, 0.717) is 31.0 Å². The van der Waals surface area contributed by atoms with E-state index in [4.69, 9.17) is 16.2 Å². The van der Waals surface area contributed by atoms with Gasteiger partial charge in [0.25, 0.3) is 5.56 Å². The number of hydrogen-bond donors (Lipinski definition) is 2. The molecule has 0 amide bonds. The molecule has 1 aromatic heterocycles. The Bertz CT molecular complexity index is 854. The first-order valence-corrected chi connectivity index (χ1v) is 7.87. The molecule has 134 valence electrons. The molecule has 8 nitrogen and oxygen atoms in total. The fourth-order valence-electron chi connectivity index (χ4n) is 2.51. The summed E-state index contributed by atoms with van der Waals surface area (Å²) in [4.78, 5) is 27.9. The second kappa shape index (κ2) is 8.18. The number of carbonyl (C=O) groups is 1. The summed E-state index contributed by atoms with van der Waals surface area (Å²) in [6, 6.07) is 7.14. The van der Waals surface area contributed by atoms with Crippen LogP contribution in [0.2, 0.25) is 0 Å². The van der Waals surface area contributed by atoms with Crippen LogP contribution in [-0.2, 0) is 22.5 Å². The van der Waals surface area contributed by atoms with E-state index >= 15 is 0 Å². The molecule has 2 aromatic rings. The van der Waals surface area contributed by atoms with Crippen molar-refractivity contribution in [2.75, 3.05) is 20.3 Å². The molecule has 0 spiro atoms. The maximum Gasteiger partial charge on any atom is 0.310 e. The van der Waals surface area contributed by atoms with Crippen molar-refractivity contribution in [3.8, 4) is 5.75 Å². The normalized spacial score (nSPS) is 10.5. The fourth-order valence-corrected chi connectivity index (χ4v) is 2.51. The maximum absolute atomic E-state index is 12.6. The van der Waals surface area contributed by atoms with Crippen molar-refractivity contribution in [2.24, 2.45) is 16.5 Å². The Balaban J connectivity index is 2.34. The lowest BCUT2D eigenvalue weighted by molar-refractivity contribution is -0.139. The van der Waals surface area contributed by atoms with Crippen molar-refractivity contribution in [3.63, 3.8) is 0 Å². The summed E-state index contributed by atoms with van der Waals surface area (Å²) >= 11 is 0. The van der Waals surface area contributed by atoms with Crippen molar-refractivity contribution in [2.45, 2.75) is 19.9 Å². The van der Waals surface area contributed by atoms with Crippen molar-refractivity contribution in [1.29, 1.82) is 0 Å². The summed E-state index contributed by atoms with van der Waals surface area (Å²) in [5.74, 6) is 0.180. The summed E-state index contributed by atoms with van der Waals surface area (Å²) in [6.45, 7) is 3.01. The molecule has 25 heavy (non-hydrogen) atoms. The molecule has 2 rings (SSSR count). The quantitative estimate of drug-likeness (QED) is 0.324. The van der Waals surface area contributed by atoms with Gasteiger partial charge >= 0.3 is 5.97 Å². The molecule has 0 aliphatic rings. The minimum Gasteiger partial charge on any atom is -0.492 e. The number of nitrogens with zero attached hydrogens (tertiary/aromatic N) is 2. The van der Waals surface area contributed by atoms with Crippen LogP contribution in [0.4, 0.5) is 0 Å². The molecule has 4 N–H and O–H groups in total. The number of benzene rings is 1. The van der Waals surface area contributed by atoms with Gasteiger partial charge in [0, 0.05) is 18.2 Å². The number of hydrogen-bond acceptors (Lipinski definition) is 5. The number of methoxy groups -OCH3 is 1. The zero-order valence-corrected chi connectivity index (χ0v) is 14.3. The summed E-state index contributed by atoms with van der Waals surface area (Å²) in [7, 11) is 1.30. The minimum atomic E-state index is -0.446. The molecule has 0 aliphatic carbocycles. The highest BCUT2D eigenvalue weighted by Crippen LogP contribution is 2.21. The average molecular weight is 346 g/mol. The molecule has 1 heterocycles. The van der Waals surface area contributed by atoms with E-state index in [9.17, 15) is 9.59 Å². The van der Waals surface area contributed by atoms with Gasteiger partial charge in [-0.2, -0.15) is 0 Å². The Labute approximate surface area is 145 Å². The van der Waals surface area contributed by atoms with Gasteiger partial charge in [-0.1, -0.05) is 0 Å². The van der Waals surface area contributed by atoms with Crippen molar-refractivity contribution >= 4 is 22.8 Å². The van der Waals surface area contributed by atoms with E-state index in [1.54, 1.807) is 22.8 Å². The highest BCUT2D eigenvalue weighted by molar-refractivity contribution is 5.82. The van der Waals surface area contributed by atoms with Crippen molar-refractivity contribution < 1.29 is 14.3 Å². The van der Waals surface area contributed by atoms with Crippen LogP contribution in [-0.4, -0.2) is 36.8 Å². The first-order chi connectivity index (χ1) is 12.0. The van der Waals surface area contributed by atoms with E-state index in [2.05, 4.69) is 9.73 Å². The van der Waals surface area contributed by atoms with Crippen LogP contribution in [0.25, 0.3) is 10.9 Å². The topological polar surface area (TPSA) is 122 Å². The minimum absolute atomic E-state index is 0.0140. The molecule has 0 atom stereocenters. The van der Waals surface area contributed by atoms with Gasteiger partial charge in [-0.15, -0.1) is 0 Å². The molecule has 1 aromatic carbocycles. The van der Waals surface area contributed by atoms with Crippen molar-refractivity contribution in [1.82, 2.24) is 4.57 Å². The fraction of sp³-hybridized carbons (Fsp3) is 0.353. The Hall–Kier alpha value is -3.03. The molecule has 0 unspecified atom stereocenters. The zero-order chi connectivity index (χ0) is 18.4. The van der Waals surface area contributed by atoms with Gasteiger partial charge < -0.3 is 25.5 Å². The number of nitrogens with two attached hydrogens (primary N) is 2. The highest BCUT2D eigenvalue weighted by atomic mass is 16.5. The first-order valence-electron chi connectivity index (χ1n) is 7.87. The maximum atomic E-state index is 12.6. The number of ether oxygens (including phenoxy) is 2. The van der Waals surface area contributed by atoms with E-state index in [1.165, 1.54) is 7.11 Å². The molecule has 0 saturated heterocycles.